The molecule has 10 heteroatoms. The van der Waals surface area contributed by atoms with E-state index in [1.165, 1.54) is 13.2 Å². The van der Waals surface area contributed by atoms with Crippen LogP contribution in [0.3, 0.4) is 0 Å². The van der Waals surface area contributed by atoms with Crippen LogP contribution < -0.4 is 10.6 Å². The molecule has 0 aromatic rings. The van der Waals surface area contributed by atoms with Crippen LogP contribution in [-0.2, 0) is 23.4 Å². The molecule has 0 saturated heterocycles. The molecule has 1 atom stereocenters. The third-order valence-electron chi connectivity index (χ3n) is 4.83. The summed E-state index contributed by atoms with van der Waals surface area (Å²) in [6, 6.07) is 0. The highest BCUT2D eigenvalue weighted by Crippen LogP contribution is 2.37. The van der Waals surface area contributed by atoms with Crippen LogP contribution in [0.25, 0.3) is 0 Å². The van der Waals surface area contributed by atoms with Gasteiger partial charge < -0.3 is 24.0 Å². The van der Waals surface area contributed by atoms with Crippen molar-refractivity contribution in [3.8, 4) is 0 Å². The fourth-order valence-electron chi connectivity index (χ4n) is 2.19. The number of carbonyl (C=O) groups is 3. The molecule has 0 aliphatic carbocycles. The Balaban J connectivity index is 6.14. The maximum Gasteiger partial charge on any atom is 0.412 e. The van der Waals surface area contributed by atoms with Crippen molar-refractivity contribution in [3.05, 3.63) is 11.8 Å². The second kappa shape index (κ2) is 10.9. The largest absolute Gasteiger partial charge is 0.464 e. The average molecular weight is 489 g/mol. The van der Waals surface area contributed by atoms with Crippen molar-refractivity contribution in [1.29, 1.82) is 0 Å². The molecule has 0 radical (unpaired) electrons. The van der Waals surface area contributed by atoms with Crippen molar-refractivity contribution < 1.29 is 33.0 Å². The van der Waals surface area contributed by atoms with Crippen molar-refractivity contribution in [1.82, 2.24) is 10.6 Å². The van der Waals surface area contributed by atoms with Gasteiger partial charge in [0.2, 0.25) is 0 Å². The van der Waals surface area contributed by atoms with E-state index >= 15 is 0 Å². The number of esters is 1. The van der Waals surface area contributed by atoms with E-state index in [0.717, 1.165) is 0 Å². The summed E-state index contributed by atoms with van der Waals surface area (Å²) in [6.45, 7) is 22.5. The normalized spacial score (nSPS) is 15.2. The molecular weight excluding hydrogens is 444 g/mol. The molecule has 2 amide bonds. The number of hydrogen-bond acceptors (Lipinski definition) is 7. The van der Waals surface area contributed by atoms with E-state index in [1.807, 2.05) is 0 Å². The second-order valence-electron chi connectivity index (χ2n) is 11.8. The van der Waals surface area contributed by atoms with Gasteiger partial charge in [-0.05, 0) is 72.7 Å². The quantitative estimate of drug-likeness (QED) is 0.227. The van der Waals surface area contributed by atoms with E-state index in [-0.39, 0.29) is 17.3 Å². The molecule has 0 rings (SSSR count). The lowest BCUT2D eigenvalue weighted by Crippen LogP contribution is -2.54. The first-order chi connectivity index (χ1) is 14.5. The summed E-state index contributed by atoms with van der Waals surface area (Å²) >= 11 is 0. The predicted molar refractivity (Wildman–Crippen MR) is 130 cm³/mol. The highest BCUT2D eigenvalue weighted by molar-refractivity contribution is 6.74. The summed E-state index contributed by atoms with van der Waals surface area (Å²) in [7, 11) is -1.02. The minimum atomic E-state index is -2.21. The number of alkyl carbamates (subject to hydrolysis) is 2. The average Bonchev–Trinajstić information content (AvgIpc) is 2.54. The Morgan fingerprint density at radius 2 is 1.27 bits per heavy atom. The number of carbonyl (C=O) groups excluding carboxylic acids is 3. The van der Waals surface area contributed by atoms with Gasteiger partial charge in [0.25, 0.3) is 0 Å². The molecule has 9 nitrogen and oxygen atoms in total. The molecular formula is C23H44N2O7Si. The first kappa shape index (κ1) is 30.9. The van der Waals surface area contributed by atoms with E-state index in [0.29, 0.717) is 0 Å². The fourth-order valence-corrected chi connectivity index (χ4v) is 3.28. The zero-order valence-corrected chi connectivity index (χ0v) is 23.6. The van der Waals surface area contributed by atoms with Gasteiger partial charge in [-0.3, -0.25) is 5.32 Å². The number of nitrogens with one attached hydrogen (secondary N) is 2. The summed E-state index contributed by atoms with van der Waals surface area (Å²) in [6.07, 6.45) is -0.134. The molecule has 0 aliphatic heterocycles. The van der Waals surface area contributed by atoms with E-state index in [1.54, 1.807) is 48.5 Å². The van der Waals surface area contributed by atoms with E-state index in [9.17, 15) is 14.4 Å². The van der Waals surface area contributed by atoms with E-state index < -0.39 is 43.2 Å². The Morgan fingerprint density at radius 3 is 1.67 bits per heavy atom. The SMILES string of the molecule is COC(=O)/C(=C\[C@@](C)(CO[Si](C)(C)C(C)(C)C)NC(=O)OC(C)(C)C)NC(=O)OC(C)(C)C. The summed E-state index contributed by atoms with van der Waals surface area (Å²) < 4.78 is 21.8. The number of rotatable bonds is 7. The smallest absolute Gasteiger partial charge is 0.412 e. The van der Waals surface area contributed by atoms with Crippen LogP contribution in [0, 0.1) is 0 Å². The molecule has 0 bridgehead atoms. The van der Waals surface area contributed by atoms with Gasteiger partial charge in [-0.1, -0.05) is 20.8 Å². The van der Waals surface area contributed by atoms with Crippen LogP contribution in [0.1, 0.15) is 69.2 Å². The first-order valence-corrected chi connectivity index (χ1v) is 13.9. The van der Waals surface area contributed by atoms with Crippen molar-refractivity contribution >= 4 is 26.5 Å². The maximum atomic E-state index is 12.6. The minimum absolute atomic E-state index is 0.0409. The van der Waals surface area contributed by atoms with Crippen LogP contribution in [0.4, 0.5) is 9.59 Å². The molecule has 0 heterocycles. The van der Waals surface area contributed by atoms with Gasteiger partial charge in [0, 0.05) is 0 Å². The lowest BCUT2D eigenvalue weighted by Gasteiger charge is -2.39. The molecule has 0 fully saturated rings. The first-order valence-electron chi connectivity index (χ1n) is 11.0. The Kier molecular flexibility index (Phi) is 10.2. The third kappa shape index (κ3) is 12.1. The number of ether oxygens (including phenoxy) is 3. The molecule has 0 aromatic heterocycles. The van der Waals surface area contributed by atoms with Gasteiger partial charge in [-0.2, -0.15) is 0 Å². The molecule has 0 aromatic carbocycles. The Labute approximate surface area is 200 Å². The maximum absolute atomic E-state index is 12.6. The number of methoxy groups -OCH3 is 1. The van der Waals surface area contributed by atoms with Gasteiger partial charge in [0.1, 0.15) is 16.9 Å². The standard InChI is InChI=1S/C23H44N2O7Si/c1-20(2,3)31-18(27)24-16(17(26)29-11)14-23(10,25-19(28)32-21(4,5)6)15-30-33(12,13)22(7,8)9/h14H,15H2,1-13H3,(H,24,27)(H,25,28)/b16-14+/t23-/m0/s1. The number of hydrogen-bond donors (Lipinski definition) is 2. The number of amides is 2. The fraction of sp³-hybridized carbons (Fsp3) is 0.783. The van der Waals surface area contributed by atoms with Gasteiger partial charge in [0.05, 0.1) is 19.3 Å². The Morgan fingerprint density at radius 1 is 0.818 bits per heavy atom. The third-order valence-corrected chi connectivity index (χ3v) is 9.31. The van der Waals surface area contributed by atoms with Crippen LogP contribution in [0.2, 0.25) is 18.1 Å². The molecule has 0 saturated carbocycles. The van der Waals surface area contributed by atoms with E-state index in [2.05, 4.69) is 44.5 Å². The lowest BCUT2D eigenvalue weighted by molar-refractivity contribution is -0.136. The van der Waals surface area contributed by atoms with Crippen molar-refractivity contribution in [2.45, 2.75) is 104 Å². The molecule has 33 heavy (non-hydrogen) atoms. The van der Waals surface area contributed by atoms with Crippen LogP contribution in [0.5, 0.6) is 0 Å². The minimum Gasteiger partial charge on any atom is -0.464 e. The summed E-state index contributed by atoms with van der Waals surface area (Å²) in [5.74, 6) is -0.801. The molecule has 0 unspecified atom stereocenters. The van der Waals surface area contributed by atoms with Crippen LogP contribution in [-0.4, -0.2) is 56.9 Å². The zero-order chi connectivity index (χ0) is 26.5. The molecule has 2 N–H and O–H groups in total. The summed E-state index contributed by atoms with van der Waals surface area (Å²) in [5, 5.41) is 5.10. The van der Waals surface area contributed by atoms with E-state index in [4.69, 9.17) is 18.6 Å². The highest BCUT2D eigenvalue weighted by atomic mass is 28.4. The molecule has 0 spiro atoms. The summed E-state index contributed by atoms with van der Waals surface area (Å²) in [5.41, 5.74) is -2.90. The summed E-state index contributed by atoms with van der Waals surface area (Å²) in [4.78, 5) is 37.3. The van der Waals surface area contributed by atoms with Gasteiger partial charge in [0.15, 0.2) is 8.32 Å². The Bertz CT molecular complexity index is 743. The van der Waals surface area contributed by atoms with Gasteiger partial charge >= 0.3 is 18.2 Å². The van der Waals surface area contributed by atoms with Gasteiger partial charge in [-0.15, -0.1) is 0 Å². The molecule has 192 valence electrons. The lowest BCUT2D eigenvalue weighted by atomic mass is 10.0. The van der Waals surface area contributed by atoms with Crippen LogP contribution >= 0.6 is 0 Å². The van der Waals surface area contributed by atoms with Crippen LogP contribution in [0.15, 0.2) is 11.8 Å². The van der Waals surface area contributed by atoms with Gasteiger partial charge in [-0.25, -0.2) is 14.4 Å². The highest BCUT2D eigenvalue weighted by Gasteiger charge is 2.40. The van der Waals surface area contributed by atoms with Crippen molar-refractivity contribution in [3.63, 3.8) is 0 Å². The Hall–Kier alpha value is -2.07. The predicted octanol–water partition coefficient (Wildman–Crippen LogP) is 4.87. The second-order valence-corrected chi connectivity index (χ2v) is 16.6. The zero-order valence-electron chi connectivity index (χ0n) is 22.6. The van der Waals surface area contributed by atoms with Crippen molar-refractivity contribution in [2.24, 2.45) is 0 Å². The van der Waals surface area contributed by atoms with Crippen molar-refractivity contribution in [2.75, 3.05) is 13.7 Å². The molecule has 0 aliphatic rings. The monoisotopic (exact) mass is 488 g/mol. The topological polar surface area (TPSA) is 112 Å².